The van der Waals surface area contributed by atoms with E-state index in [0.717, 1.165) is 4.88 Å². The third-order valence-electron chi connectivity index (χ3n) is 2.28. The highest BCUT2D eigenvalue weighted by Crippen LogP contribution is 2.27. The van der Waals surface area contributed by atoms with Gasteiger partial charge < -0.3 is 10.4 Å². The van der Waals surface area contributed by atoms with Crippen LogP contribution in [0.25, 0.3) is 0 Å². The lowest BCUT2D eigenvalue weighted by molar-refractivity contribution is 0.0698. The molecule has 0 unspecified atom stereocenters. The van der Waals surface area contributed by atoms with Crippen LogP contribution in [0.1, 0.15) is 25.6 Å². The summed E-state index contributed by atoms with van der Waals surface area (Å²) >= 11 is 1.23. The molecule has 1 amide bonds. The standard InChI is InChI=1S/C11H11N3O3S/c1-6-3-8(11(16)17)10(18-6)13-9(15)7-4-12-14(2)5-7/h3-5H,1-2H3,(H,13,15)(H,16,17). The number of aryl methyl sites for hydroxylation is 2. The summed E-state index contributed by atoms with van der Waals surface area (Å²) in [5, 5.41) is 15.8. The third-order valence-corrected chi connectivity index (χ3v) is 3.25. The number of hydrogen-bond donors (Lipinski definition) is 2. The Kier molecular flexibility index (Phi) is 3.15. The van der Waals surface area contributed by atoms with Crippen molar-refractivity contribution in [1.82, 2.24) is 9.78 Å². The van der Waals surface area contributed by atoms with Gasteiger partial charge in [-0.05, 0) is 13.0 Å². The van der Waals surface area contributed by atoms with Crippen molar-refractivity contribution in [2.75, 3.05) is 5.32 Å². The first-order chi connectivity index (χ1) is 8.47. The van der Waals surface area contributed by atoms with E-state index in [4.69, 9.17) is 5.11 Å². The van der Waals surface area contributed by atoms with Gasteiger partial charge in [-0.1, -0.05) is 0 Å². The molecular formula is C11H11N3O3S. The number of rotatable bonds is 3. The third kappa shape index (κ3) is 2.40. The molecule has 2 N–H and O–H groups in total. The van der Waals surface area contributed by atoms with Gasteiger partial charge in [0.05, 0.1) is 17.3 Å². The smallest absolute Gasteiger partial charge is 0.338 e. The van der Waals surface area contributed by atoms with Gasteiger partial charge in [-0.2, -0.15) is 5.10 Å². The van der Waals surface area contributed by atoms with Crippen LogP contribution in [-0.2, 0) is 7.05 Å². The summed E-state index contributed by atoms with van der Waals surface area (Å²) in [4.78, 5) is 23.7. The van der Waals surface area contributed by atoms with Gasteiger partial charge in [-0.15, -0.1) is 11.3 Å². The van der Waals surface area contributed by atoms with Crippen LogP contribution < -0.4 is 5.32 Å². The van der Waals surface area contributed by atoms with Gasteiger partial charge in [0.25, 0.3) is 5.91 Å². The number of nitrogens with zero attached hydrogens (tertiary/aromatic N) is 2. The maximum Gasteiger partial charge on any atom is 0.338 e. The molecule has 0 aromatic carbocycles. The van der Waals surface area contributed by atoms with E-state index in [1.165, 1.54) is 28.3 Å². The van der Waals surface area contributed by atoms with Gasteiger partial charge in [0, 0.05) is 18.1 Å². The van der Waals surface area contributed by atoms with Crippen molar-refractivity contribution in [2.24, 2.45) is 7.05 Å². The van der Waals surface area contributed by atoms with Gasteiger partial charge in [0.2, 0.25) is 0 Å². The fourth-order valence-corrected chi connectivity index (χ4v) is 2.38. The Balaban J connectivity index is 2.24. The second kappa shape index (κ2) is 4.61. The molecular weight excluding hydrogens is 254 g/mol. The number of carbonyl (C=O) groups is 2. The fourth-order valence-electron chi connectivity index (χ4n) is 1.48. The first-order valence-corrected chi connectivity index (χ1v) is 5.92. The lowest BCUT2D eigenvalue weighted by Gasteiger charge is -2.01. The molecule has 2 aromatic rings. The van der Waals surface area contributed by atoms with Crippen LogP contribution in [0.15, 0.2) is 18.5 Å². The van der Waals surface area contributed by atoms with E-state index in [1.54, 1.807) is 20.2 Å². The van der Waals surface area contributed by atoms with Crippen molar-refractivity contribution in [2.45, 2.75) is 6.92 Å². The summed E-state index contributed by atoms with van der Waals surface area (Å²) in [6, 6.07) is 1.53. The fraction of sp³-hybridized carbons (Fsp3) is 0.182. The highest BCUT2D eigenvalue weighted by atomic mass is 32.1. The van der Waals surface area contributed by atoms with Crippen molar-refractivity contribution in [3.63, 3.8) is 0 Å². The normalized spacial score (nSPS) is 10.3. The lowest BCUT2D eigenvalue weighted by Crippen LogP contribution is -2.12. The molecule has 0 saturated carbocycles. The molecule has 2 rings (SSSR count). The summed E-state index contributed by atoms with van der Waals surface area (Å²) in [6.07, 6.45) is 2.99. The summed E-state index contributed by atoms with van der Waals surface area (Å²) in [5.74, 6) is -1.42. The minimum absolute atomic E-state index is 0.106. The predicted molar refractivity (Wildman–Crippen MR) is 67.2 cm³/mol. The minimum atomic E-state index is -1.05. The molecule has 7 heteroatoms. The van der Waals surface area contributed by atoms with Crippen LogP contribution in [0, 0.1) is 6.92 Å². The molecule has 0 fully saturated rings. The maximum atomic E-state index is 11.9. The Bertz CT molecular complexity index is 615. The molecule has 6 nitrogen and oxygen atoms in total. The Labute approximate surface area is 107 Å². The molecule has 2 heterocycles. The molecule has 0 spiro atoms. The topological polar surface area (TPSA) is 84.2 Å². The Hall–Kier alpha value is -2.15. The van der Waals surface area contributed by atoms with E-state index in [1.807, 2.05) is 0 Å². The second-order valence-electron chi connectivity index (χ2n) is 3.76. The van der Waals surface area contributed by atoms with Crippen molar-refractivity contribution in [1.29, 1.82) is 0 Å². The van der Waals surface area contributed by atoms with Crippen LogP contribution in [0.2, 0.25) is 0 Å². The Morgan fingerprint density at radius 1 is 1.50 bits per heavy atom. The van der Waals surface area contributed by atoms with Gasteiger partial charge in [-0.25, -0.2) is 4.79 Å². The number of amides is 1. The average Bonchev–Trinajstić information content (AvgIpc) is 2.85. The zero-order valence-corrected chi connectivity index (χ0v) is 10.6. The van der Waals surface area contributed by atoms with E-state index in [2.05, 4.69) is 10.4 Å². The van der Waals surface area contributed by atoms with Crippen molar-refractivity contribution >= 4 is 28.2 Å². The summed E-state index contributed by atoms with van der Waals surface area (Å²) in [5.41, 5.74) is 0.495. The summed E-state index contributed by atoms with van der Waals surface area (Å²) in [6.45, 7) is 1.79. The highest BCUT2D eigenvalue weighted by molar-refractivity contribution is 7.16. The molecule has 0 aliphatic rings. The number of aromatic carboxylic acids is 1. The van der Waals surface area contributed by atoms with E-state index >= 15 is 0 Å². The van der Waals surface area contributed by atoms with E-state index in [0.29, 0.717) is 10.6 Å². The van der Waals surface area contributed by atoms with Gasteiger partial charge >= 0.3 is 5.97 Å². The SMILES string of the molecule is Cc1cc(C(=O)O)c(NC(=O)c2cnn(C)c2)s1. The average molecular weight is 265 g/mol. The molecule has 0 atom stereocenters. The van der Waals surface area contributed by atoms with Gasteiger partial charge in [-0.3, -0.25) is 9.48 Å². The number of anilines is 1. The Morgan fingerprint density at radius 2 is 2.22 bits per heavy atom. The minimum Gasteiger partial charge on any atom is -0.478 e. The van der Waals surface area contributed by atoms with Gasteiger partial charge in [0.15, 0.2) is 0 Å². The number of carboxylic acids is 1. The van der Waals surface area contributed by atoms with Crippen molar-refractivity contribution in [3.8, 4) is 0 Å². The van der Waals surface area contributed by atoms with Crippen LogP contribution >= 0.6 is 11.3 Å². The zero-order chi connectivity index (χ0) is 13.3. The van der Waals surface area contributed by atoms with Crippen LogP contribution in [-0.4, -0.2) is 26.8 Å². The van der Waals surface area contributed by atoms with E-state index in [9.17, 15) is 9.59 Å². The van der Waals surface area contributed by atoms with Gasteiger partial charge in [0.1, 0.15) is 5.00 Å². The molecule has 94 valence electrons. The quantitative estimate of drug-likeness (QED) is 0.885. The molecule has 0 aliphatic heterocycles. The van der Waals surface area contributed by atoms with E-state index in [-0.39, 0.29) is 11.5 Å². The first kappa shape index (κ1) is 12.3. The molecule has 0 bridgehead atoms. The number of aromatic nitrogens is 2. The highest BCUT2D eigenvalue weighted by Gasteiger charge is 2.17. The molecule has 2 aromatic heterocycles. The monoisotopic (exact) mass is 265 g/mol. The molecule has 18 heavy (non-hydrogen) atoms. The Morgan fingerprint density at radius 3 is 2.78 bits per heavy atom. The van der Waals surface area contributed by atoms with Crippen LogP contribution in [0.4, 0.5) is 5.00 Å². The van der Waals surface area contributed by atoms with Crippen LogP contribution in [0.5, 0.6) is 0 Å². The number of carbonyl (C=O) groups excluding carboxylic acids is 1. The summed E-state index contributed by atoms with van der Waals surface area (Å²) < 4.78 is 1.51. The number of thiophene rings is 1. The first-order valence-electron chi connectivity index (χ1n) is 5.11. The number of nitrogens with one attached hydrogen (secondary N) is 1. The van der Waals surface area contributed by atoms with Crippen molar-refractivity contribution in [3.05, 3.63) is 34.5 Å². The van der Waals surface area contributed by atoms with E-state index < -0.39 is 5.97 Å². The zero-order valence-electron chi connectivity index (χ0n) is 9.80. The molecule has 0 aliphatic carbocycles. The molecule has 0 radical (unpaired) electrons. The van der Waals surface area contributed by atoms with Crippen LogP contribution in [0.3, 0.4) is 0 Å². The predicted octanol–water partition coefficient (Wildman–Crippen LogP) is 1.74. The van der Waals surface area contributed by atoms with Crippen molar-refractivity contribution < 1.29 is 14.7 Å². The second-order valence-corrected chi connectivity index (χ2v) is 5.02. The number of carboxylic acid groups (broad SMARTS) is 1. The maximum absolute atomic E-state index is 11.9. The summed E-state index contributed by atoms with van der Waals surface area (Å²) in [7, 11) is 1.70. The number of hydrogen-bond acceptors (Lipinski definition) is 4. The molecule has 0 saturated heterocycles. The lowest BCUT2D eigenvalue weighted by atomic mass is 10.3. The largest absolute Gasteiger partial charge is 0.478 e.